The summed E-state index contributed by atoms with van der Waals surface area (Å²) in [6.45, 7) is 7.11. The molecule has 2 saturated heterocycles. The van der Waals surface area contributed by atoms with Crippen LogP contribution < -0.4 is 5.43 Å². The van der Waals surface area contributed by atoms with E-state index in [1.54, 1.807) is 0 Å². The molecule has 80 valence electrons. The first-order valence-corrected chi connectivity index (χ1v) is 5.55. The van der Waals surface area contributed by atoms with E-state index >= 15 is 0 Å². The monoisotopic (exact) mass is 196 g/mol. The van der Waals surface area contributed by atoms with Crippen LogP contribution in [0.1, 0.15) is 40.0 Å². The number of carbonyl (C=O) groups excluding carboxylic acids is 1. The van der Waals surface area contributed by atoms with Crippen molar-refractivity contribution in [2.24, 2.45) is 5.41 Å². The van der Waals surface area contributed by atoms with Gasteiger partial charge in [0.25, 0.3) is 0 Å². The predicted molar refractivity (Wildman–Crippen MR) is 55.7 cm³/mol. The van der Waals surface area contributed by atoms with E-state index in [1.807, 2.05) is 20.8 Å². The summed E-state index contributed by atoms with van der Waals surface area (Å²) in [7, 11) is 0. The number of ketones is 1. The molecule has 0 spiro atoms. The van der Waals surface area contributed by atoms with Crippen molar-refractivity contribution in [3.63, 3.8) is 0 Å². The van der Waals surface area contributed by atoms with E-state index in [9.17, 15) is 4.79 Å². The van der Waals surface area contributed by atoms with E-state index in [0.717, 1.165) is 13.0 Å². The van der Waals surface area contributed by atoms with Crippen molar-refractivity contribution in [2.75, 3.05) is 6.54 Å². The van der Waals surface area contributed by atoms with E-state index in [-0.39, 0.29) is 11.5 Å². The maximum Gasteiger partial charge on any atom is 0.156 e. The lowest BCUT2D eigenvalue weighted by Crippen LogP contribution is -2.43. The van der Waals surface area contributed by atoms with Crippen LogP contribution in [0.4, 0.5) is 0 Å². The average molecular weight is 196 g/mol. The molecular weight excluding hydrogens is 176 g/mol. The number of nitrogens with one attached hydrogen (secondary N) is 1. The third-order valence-corrected chi connectivity index (χ3v) is 3.26. The molecule has 0 aliphatic carbocycles. The van der Waals surface area contributed by atoms with Crippen molar-refractivity contribution in [1.82, 2.24) is 10.4 Å². The molecular formula is C11H20N2O. The zero-order chi connectivity index (χ0) is 10.3. The molecule has 1 N–H and O–H groups in total. The van der Waals surface area contributed by atoms with Gasteiger partial charge in [0, 0.05) is 18.0 Å². The summed E-state index contributed by atoms with van der Waals surface area (Å²) in [6, 6.07) is 0.687. The van der Waals surface area contributed by atoms with Gasteiger partial charge in [0.15, 0.2) is 5.78 Å². The smallest absolute Gasteiger partial charge is 0.156 e. The summed E-state index contributed by atoms with van der Waals surface area (Å²) < 4.78 is 0. The highest BCUT2D eigenvalue weighted by atomic mass is 16.1. The molecule has 2 aliphatic heterocycles. The second-order valence-electron chi connectivity index (χ2n) is 5.52. The van der Waals surface area contributed by atoms with E-state index in [2.05, 4.69) is 10.4 Å². The number of Topliss-reactive ketones (excluding diaryl/α,β-unsaturated/α-hetero) is 1. The Kier molecular flexibility index (Phi) is 2.40. The van der Waals surface area contributed by atoms with Crippen LogP contribution in [-0.4, -0.2) is 29.4 Å². The van der Waals surface area contributed by atoms with Crippen LogP contribution in [0, 0.1) is 5.41 Å². The molecule has 2 rings (SSSR count). The summed E-state index contributed by atoms with van der Waals surface area (Å²) in [5, 5.41) is 2.26. The van der Waals surface area contributed by atoms with Crippen molar-refractivity contribution in [3.8, 4) is 0 Å². The molecule has 0 aromatic rings. The topological polar surface area (TPSA) is 32.3 Å². The van der Waals surface area contributed by atoms with Crippen LogP contribution >= 0.6 is 0 Å². The Bertz CT molecular complexity index is 232. The second-order valence-corrected chi connectivity index (χ2v) is 5.52. The minimum absolute atomic E-state index is 0.0697. The van der Waals surface area contributed by atoms with Gasteiger partial charge >= 0.3 is 0 Å². The van der Waals surface area contributed by atoms with Crippen molar-refractivity contribution in [1.29, 1.82) is 0 Å². The highest BCUT2D eigenvalue weighted by Crippen LogP contribution is 2.29. The van der Waals surface area contributed by atoms with E-state index in [4.69, 9.17) is 0 Å². The SMILES string of the molecule is CC(C)(C)C(=O)C1CC2CCCN2N1. The van der Waals surface area contributed by atoms with Crippen molar-refractivity contribution >= 4 is 5.78 Å². The van der Waals surface area contributed by atoms with Gasteiger partial charge in [-0.2, -0.15) is 0 Å². The minimum Gasteiger partial charge on any atom is -0.297 e. The molecule has 14 heavy (non-hydrogen) atoms. The molecule has 2 fully saturated rings. The Hall–Kier alpha value is -0.410. The Morgan fingerprint density at radius 2 is 2.14 bits per heavy atom. The van der Waals surface area contributed by atoms with Gasteiger partial charge in [0.2, 0.25) is 0 Å². The van der Waals surface area contributed by atoms with Gasteiger partial charge in [-0.1, -0.05) is 20.8 Å². The van der Waals surface area contributed by atoms with Crippen molar-refractivity contribution in [3.05, 3.63) is 0 Å². The molecule has 0 radical (unpaired) electrons. The molecule has 2 aliphatic rings. The average Bonchev–Trinajstić information content (AvgIpc) is 2.58. The van der Waals surface area contributed by atoms with Crippen LogP contribution in [0.2, 0.25) is 0 Å². The Balaban J connectivity index is 1.99. The standard InChI is InChI=1S/C11H20N2O/c1-11(2,3)10(14)9-7-8-5-4-6-13(8)12-9/h8-9,12H,4-7H2,1-3H3. The second kappa shape index (κ2) is 3.31. The minimum atomic E-state index is -0.211. The van der Waals surface area contributed by atoms with Gasteiger partial charge in [0.1, 0.15) is 0 Å². The lowest BCUT2D eigenvalue weighted by molar-refractivity contribution is -0.128. The fourth-order valence-corrected chi connectivity index (χ4v) is 2.46. The van der Waals surface area contributed by atoms with Crippen LogP contribution in [0.3, 0.4) is 0 Å². The number of carbonyl (C=O) groups is 1. The maximum absolute atomic E-state index is 12.0. The number of fused-ring (bicyclic) bond motifs is 1. The van der Waals surface area contributed by atoms with E-state index in [1.165, 1.54) is 12.8 Å². The first kappa shape index (κ1) is 10.1. The molecule has 0 amide bonds. The first-order chi connectivity index (χ1) is 6.48. The Labute approximate surface area is 85.8 Å². The normalized spacial score (nSPS) is 33.4. The number of nitrogens with zero attached hydrogens (tertiary/aromatic N) is 1. The quantitative estimate of drug-likeness (QED) is 0.687. The zero-order valence-electron chi connectivity index (χ0n) is 9.34. The Morgan fingerprint density at radius 1 is 1.43 bits per heavy atom. The van der Waals surface area contributed by atoms with Crippen LogP contribution in [0.25, 0.3) is 0 Å². The van der Waals surface area contributed by atoms with Gasteiger partial charge in [0.05, 0.1) is 6.04 Å². The molecule has 0 saturated carbocycles. The van der Waals surface area contributed by atoms with E-state index < -0.39 is 0 Å². The number of hydrazine groups is 1. The fourth-order valence-electron chi connectivity index (χ4n) is 2.46. The largest absolute Gasteiger partial charge is 0.297 e. The van der Waals surface area contributed by atoms with Gasteiger partial charge in [-0.3, -0.25) is 4.79 Å². The summed E-state index contributed by atoms with van der Waals surface area (Å²) in [6.07, 6.45) is 3.53. The Morgan fingerprint density at radius 3 is 2.71 bits per heavy atom. The molecule has 2 heterocycles. The van der Waals surface area contributed by atoms with Gasteiger partial charge in [-0.05, 0) is 19.3 Å². The molecule has 2 unspecified atom stereocenters. The van der Waals surface area contributed by atoms with Crippen molar-refractivity contribution < 1.29 is 4.79 Å². The highest BCUT2D eigenvalue weighted by Gasteiger charge is 2.41. The highest BCUT2D eigenvalue weighted by molar-refractivity contribution is 5.88. The van der Waals surface area contributed by atoms with Crippen molar-refractivity contribution in [2.45, 2.75) is 52.1 Å². The maximum atomic E-state index is 12.0. The zero-order valence-corrected chi connectivity index (χ0v) is 9.34. The third-order valence-electron chi connectivity index (χ3n) is 3.26. The third kappa shape index (κ3) is 1.71. The number of rotatable bonds is 1. The lowest BCUT2D eigenvalue weighted by Gasteiger charge is -2.22. The van der Waals surface area contributed by atoms with Crippen LogP contribution in [0.5, 0.6) is 0 Å². The summed E-state index contributed by atoms with van der Waals surface area (Å²) in [4.78, 5) is 12.0. The fraction of sp³-hybridized carbons (Fsp3) is 0.909. The van der Waals surface area contributed by atoms with Crippen LogP contribution in [0.15, 0.2) is 0 Å². The molecule has 2 atom stereocenters. The molecule has 3 heteroatoms. The van der Waals surface area contributed by atoms with Gasteiger partial charge in [-0.15, -0.1) is 0 Å². The predicted octanol–water partition coefficient (Wildman–Crippen LogP) is 1.34. The number of hydrogen-bond acceptors (Lipinski definition) is 3. The molecule has 0 bridgehead atoms. The van der Waals surface area contributed by atoms with E-state index in [0.29, 0.717) is 11.8 Å². The first-order valence-electron chi connectivity index (χ1n) is 5.55. The number of hydrogen-bond donors (Lipinski definition) is 1. The summed E-state index contributed by atoms with van der Waals surface area (Å²) in [5.41, 5.74) is 3.13. The lowest BCUT2D eigenvalue weighted by atomic mass is 9.85. The molecule has 0 aromatic carbocycles. The van der Waals surface area contributed by atoms with Gasteiger partial charge in [-0.25, -0.2) is 10.4 Å². The van der Waals surface area contributed by atoms with Crippen LogP contribution in [-0.2, 0) is 4.79 Å². The molecule has 3 nitrogen and oxygen atoms in total. The summed E-state index contributed by atoms with van der Waals surface area (Å²) >= 11 is 0. The summed E-state index contributed by atoms with van der Waals surface area (Å²) in [5.74, 6) is 0.354. The molecule has 0 aromatic heterocycles. The van der Waals surface area contributed by atoms with Gasteiger partial charge < -0.3 is 0 Å².